The molecule has 1 aromatic heterocycles. The Bertz CT molecular complexity index is 1020. The summed E-state index contributed by atoms with van der Waals surface area (Å²) in [5.41, 5.74) is 3.93. The van der Waals surface area contributed by atoms with Crippen LogP contribution in [0, 0.1) is 19.7 Å². The summed E-state index contributed by atoms with van der Waals surface area (Å²) in [6, 6.07) is 12.0. The molecule has 0 radical (unpaired) electrons. The molecule has 1 aliphatic heterocycles. The molecule has 2 aromatic carbocycles. The van der Waals surface area contributed by atoms with Crippen LogP contribution in [0.5, 0.6) is 0 Å². The average molecular weight is 408 g/mol. The third-order valence-electron chi connectivity index (χ3n) is 5.64. The maximum absolute atomic E-state index is 13.1. The van der Waals surface area contributed by atoms with Crippen LogP contribution >= 0.6 is 0 Å². The van der Waals surface area contributed by atoms with Crippen LogP contribution in [0.1, 0.15) is 35.8 Å². The van der Waals surface area contributed by atoms with Crippen LogP contribution in [0.4, 0.5) is 10.1 Å². The lowest BCUT2D eigenvalue weighted by Crippen LogP contribution is -2.38. The van der Waals surface area contributed by atoms with Crippen LogP contribution in [0.25, 0.3) is 11.4 Å². The van der Waals surface area contributed by atoms with Gasteiger partial charge in [-0.05, 0) is 87.3 Å². The summed E-state index contributed by atoms with van der Waals surface area (Å²) in [5.74, 6) is 0.948. The zero-order valence-corrected chi connectivity index (χ0v) is 17.2. The fraction of sp³-hybridized carbons (Fsp3) is 0.348. The van der Waals surface area contributed by atoms with Crippen molar-refractivity contribution in [2.45, 2.75) is 32.6 Å². The minimum Gasteiger partial charge on any atom is -0.339 e. The van der Waals surface area contributed by atoms with Crippen molar-refractivity contribution in [3.63, 3.8) is 0 Å². The van der Waals surface area contributed by atoms with Gasteiger partial charge in [0.05, 0.1) is 6.54 Å². The molecule has 0 bridgehead atoms. The van der Waals surface area contributed by atoms with Gasteiger partial charge in [0.15, 0.2) is 0 Å². The van der Waals surface area contributed by atoms with E-state index in [0.717, 1.165) is 42.7 Å². The van der Waals surface area contributed by atoms with E-state index in [-0.39, 0.29) is 17.6 Å². The molecule has 0 unspecified atom stereocenters. The Balaban J connectivity index is 1.29. The molecule has 1 saturated heterocycles. The Morgan fingerprint density at radius 3 is 2.57 bits per heavy atom. The summed E-state index contributed by atoms with van der Waals surface area (Å²) in [4.78, 5) is 19.0. The first-order valence-corrected chi connectivity index (χ1v) is 10.2. The van der Waals surface area contributed by atoms with E-state index in [4.69, 9.17) is 4.52 Å². The van der Waals surface area contributed by atoms with Crippen LogP contribution in [-0.2, 0) is 4.79 Å². The molecule has 4 rings (SSSR count). The van der Waals surface area contributed by atoms with Gasteiger partial charge >= 0.3 is 0 Å². The fourth-order valence-electron chi connectivity index (χ4n) is 3.68. The summed E-state index contributed by atoms with van der Waals surface area (Å²) >= 11 is 0. The van der Waals surface area contributed by atoms with Crippen LogP contribution in [0.2, 0.25) is 0 Å². The number of likely N-dealkylation sites (tertiary alicyclic amines) is 1. The first-order valence-electron chi connectivity index (χ1n) is 10.2. The number of aryl methyl sites for hydroxylation is 2. The first kappa shape index (κ1) is 20.2. The van der Waals surface area contributed by atoms with Gasteiger partial charge in [-0.25, -0.2) is 4.39 Å². The van der Waals surface area contributed by atoms with Crippen molar-refractivity contribution in [2.24, 2.45) is 0 Å². The highest BCUT2D eigenvalue weighted by molar-refractivity contribution is 5.92. The summed E-state index contributed by atoms with van der Waals surface area (Å²) in [6.07, 6.45) is 1.70. The predicted octanol–water partition coefficient (Wildman–Crippen LogP) is 4.31. The monoisotopic (exact) mass is 408 g/mol. The van der Waals surface area contributed by atoms with Crippen LogP contribution < -0.4 is 5.32 Å². The largest absolute Gasteiger partial charge is 0.339 e. The molecule has 1 amide bonds. The summed E-state index contributed by atoms with van der Waals surface area (Å²) < 4.78 is 18.5. The summed E-state index contributed by atoms with van der Waals surface area (Å²) in [6.45, 7) is 6.04. The SMILES string of the molecule is Cc1ccc(NC(=O)CN2CCC(c3nc(-c4ccc(F)cc4)no3)CC2)cc1C. The third-order valence-corrected chi connectivity index (χ3v) is 5.64. The van der Waals surface area contributed by atoms with E-state index in [9.17, 15) is 9.18 Å². The van der Waals surface area contributed by atoms with Crippen LogP contribution in [0.15, 0.2) is 47.0 Å². The normalized spacial score (nSPS) is 15.3. The lowest BCUT2D eigenvalue weighted by atomic mass is 9.97. The minimum atomic E-state index is -0.295. The van der Waals surface area contributed by atoms with E-state index in [1.807, 2.05) is 25.1 Å². The molecule has 1 aliphatic rings. The highest BCUT2D eigenvalue weighted by Crippen LogP contribution is 2.28. The quantitative estimate of drug-likeness (QED) is 0.681. The second-order valence-corrected chi connectivity index (χ2v) is 7.86. The Kier molecular flexibility index (Phi) is 5.90. The molecular formula is C23H25FN4O2. The van der Waals surface area contributed by atoms with E-state index < -0.39 is 0 Å². The van der Waals surface area contributed by atoms with E-state index in [2.05, 4.69) is 27.3 Å². The number of piperidine rings is 1. The Morgan fingerprint density at radius 2 is 1.87 bits per heavy atom. The molecule has 2 heterocycles. The van der Waals surface area contributed by atoms with Crippen LogP contribution in [-0.4, -0.2) is 40.6 Å². The Morgan fingerprint density at radius 1 is 1.13 bits per heavy atom. The second-order valence-electron chi connectivity index (χ2n) is 7.86. The maximum atomic E-state index is 13.1. The number of hydrogen-bond donors (Lipinski definition) is 1. The van der Waals surface area contributed by atoms with Gasteiger partial charge in [-0.2, -0.15) is 4.98 Å². The van der Waals surface area contributed by atoms with Crippen LogP contribution in [0.3, 0.4) is 0 Å². The van der Waals surface area contributed by atoms with Crippen molar-refractivity contribution >= 4 is 11.6 Å². The molecule has 0 spiro atoms. The summed E-state index contributed by atoms with van der Waals surface area (Å²) in [7, 11) is 0. The third kappa shape index (κ3) is 4.74. The predicted molar refractivity (Wildman–Crippen MR) is 113 cm³/mol. The molecule has 1 fully saturated rings. The number of carbonyl (C=O) groups is 1. The van der Waals surface area contributed by atoms with Crippen molar-refractivity contribution in [1.82, 2.24) is 15.0 Å². The number of aromatic nitrogens is 2. The van der Waals surface area contributed by atoms with Gasteiger partial charge in [-0.15, -0.1) is 0 Å². The number of rotatable bonds is 5. The van der Waals surface area contributed by atoms with E-state index >= 15 is 0 Å². The Hall–Kier alpha value is -3.06. The highest BCUT2D eigenvalue weighted by Gasteiger charge is 2.26. The minimum absolute atomic E-state index is 0.00640. The van der Waals surface area contributed by atoms with Crippen molar-refractivity contribution < 1.29 is 13.7 Å². The number of halogens is 1. The lowest BCUT2D eigenvalue weighted by molar-refractivity contribution is -0.117. The second kappa shape index (κ2) is 8.75. The van der Waals surface area contributed by atoms with E-state index in [0.29, 0.717) is 18.3 Å². The highest BCUT2D eigenvalue weighted by atomic mass is 19.1. The smallest absolute Gasteiger partial charge is 0.238 e. The molecule has 30 heavy (non-hydrogen) atoms. The Labute approximate surface area is 175 Å². The van der Waals surface area contributed by atoms with Crippen molar-refractivity contribution in [3.05, 3.63) is 65.3 Å². The zero-order valence-electron chi connectivity index (χ0n) is 17.2. The molecule has 0 aliphatic carbocycles. The van der Waals surface area contributed by atoms with Gasteiger partial charge in [-0.3, -0.25) is 9.69 Å². The molecule has 6 nitrogen and oxygen atoms in total. The molecule has 0 saturated carbocycles. The molecular weight excluding hydrogens is 383 g/mol. The van der Waals surface area contributed by atoms with E-state index in [1.54, 1.807) is 12.1 Å². The zero-order chi connectivity index (χ0) is 21.1. The number of hydrogen-bond acceptors (Lipinski definition) is 5. The molecule has 1 N–H and O–H groups in total. The number of nitrogens with one attached hydrogen (secondary N) is 1. The topological polar surface area (TPSA) is 71.3 Å². The molecule has 156 valence electrons. The van der Waals surface area contributed by atoms with Gasteiger partial charge in [0.2, 0.25) is 17.6 Å². The number of anilines is 1. The van der Waals surface area contributed by atoms with Gasteiger partial charge < -0.3 is 9.84 Å². The lowest BCUT2D eigenvalue weighted by Gasteiger charge is -2.29. The number of amides is 1. The average Bonchev–Trinajstić information content (AvgIpc) is 3.22. The molecule has 3 aromatic rings. The number of benzene rings is 2. The number of nitrogens with zero attached hydrogens (tertiary/aromatic N) is 3. The van der Waals surface area contributed by atoms with Gasteiger partial charge in [0.1, 0.15) is 5.82 Å². The standard InChI is InChI=1S/C23H25FN4O2/c1-15-3-8-20(13-16(15)2)25-21(29)14-28-11-9-18(10-12-28)23-26-22(27-30-23)17-4-6-19(24)7-5-17/h3-8,13,18H,9-12,14H2,1-2H3,(H,25,29). The maximum Gasteiger partial charge on any atom is 0.238 e. The summed E-state index contributed by atoms with van der Waals surface area (Å²) in [5, 5.41) is 7.01. The van der Waals surface area contributed by atoms with Crippen molar-refractivity contribution in [3.8, 4) is 11.4 Å². The van der Waals surface area contributed by atoms with Crippen molar-refractivity contribution in [2.75, 3.05) is 25.0 Å². The molecule has 7 heteroatoms. The molecule has 0 atom stereocenters. The fourth-order valence-corrected chi connectivity index (χ4v) is 3.68. The van der Waals surface area contributed by atoms with Gasteiger partial charge in [0, 0.05) is 17.2 Å². The van der Waals surface area contributed by atoms with Gasteiger partial charge in [-0.1, -0.05) is 11.2 Å². The first-order chi connectivity index (χ1) is 14.5. The van der Waals surface area contributed by atoms with E-state index in [1.165, 1.54) is 17.7 Å². The van der Waals surface area contributed by atoms with Crippen molar-refractivity contribution in [1.29, 1.82) is 0 Å². The number of carbonyl (C=O) groups excluding carboxylic acids is 1. The van der Waals surface area contributed by atoms with Gasteiger partial charge in [0.25, 0.3) is 0 Å².